The van der Waals surface area contributed by atoms with Gasteiger partial charge in [0.15, 0.2) is 5.82 Å². The molecule has 0 atom stereocenters. The molecule has 20 heavy (non-hydrogen) atoms. The highest BCUT2D eigenvalue weighted by Gasteiger charge is 2.15. The maximum Gasteiger partial charge on any atom is 0.156 e. The van der Waals surface area contributed by atoms with Crippen LogP contribution in [0, 0.1) is 0 Å². The Bertz CT molecular complexity index is 595. The van der Waals surface area contributed by atoms with Gasteiger partial charge in [0.05, 0.1) is 11.9 Å². The number of nitrogen functional groups attached to an aromatic ring is 1. The summed E-state index contributed by atoms with van der Waals surface area (Å²) >= 11 is 3.31. The van der Waals surface area contributed by atoms with Crippen molar-refractivity contribution in [2.45, 2.75) is 18.8 Å². The number of hydrogen-bond donors (Lipinski definition) is 1. The van der Waals surface area contributed by atoms with Crippen LogP contribution in [0.5, 0.6) is 0 Å². The van der Waals surface area contributed by atoms with Gasteiger partial charge in [0.2, 0.25) is 0 Å². The van der Waals surface area contributed by atoms with Gasteiger partial charge in [0.25, 0.3) is 0 Å². The average molecular weight is 334 g/mol. The molecule has 0 unspecified atom stereocenters. The Morgan fingerprint density at radius 2 is 1.85 bits per heavy atom. The molecule has 0 aliphatic carbocycles. The number of nitrogens with two attached hydrogens (primary N) is 1. The number of nitrogens with zero attached hydrogens (tertiary/aromatic N) is 2. The summed E-state index contributed by atoms with van der Waals surface area (Å²) in [5.41, 5.74) is 8.90. The Morgan fingerprint density at radius 3 is 2.50 bits per heavy atom. The number of aromatic nitrogens is 2. The molecule has 1 aliphatic heterocycles. The van der Waals surface area contributed by atoms with E-state index in [1.807, 2.05) is 0 Å². The van der Waals surface area contributed by atoms with E-state index in [0.29, 0.717) is 16.3 Å². The van der Waals surface area contributed by atoms with E-state index in [1.54, 1.807) is 6.20 Å². The van der Waals surface area contributed by atoms with Crippen molar-refractivity contribution in [1.82, 2.24) is 9.97 Å². The summed E-state index contributed by atoms with van der Waals surface area (Å²) in [5.74, 6) is 1.02. The highest BCUT2D eigenvalue weighted by molar-refractivity contribution is 9.10. The zero-order valence-electron chi connectivity index (χ0n) is 11.1. The molecule has 1 fully saturated rings. The number of anilines is 1. The molecule has 1 saturated heterocycles. The van der Waals surface area contributed by atoms with E-state index in [0.717, 1.165) is 37.3 Å². The molecule has 1 aromatic heterocycles. The second-order valence-corrected chi connectivity index (χ2v) is 5.69. The quantitative estimate of drug-likeness (QED) is 0.915. The van der Waals surface area contributed by atoms with E-state index in [9.17, 15) is 0 Å². The molecule has 0 spiro atoms. The number of ether oxygens (including phenoxy) is 1. The van der Waals surface area contributed by atoms with E-state index < -0.39 is 0 Å². The van der Waals surface area contributed by atoms with Gasteiger partial charge >= 0.3 is 0 Å². The summed E-state index contributed by atoms with van der Waals surface area (Å²) in [4.78, 5) is 8.51. The molecular formula is C15H16BrN3O. The second-order valence-electron chi connectivity index (χ2n) is 4.94. The van der Waals surface area contributed by atoms with Gasteiger partial charge in [-0.1, -0.05) is 24.3 Å². The van der Waals surface area contributed by atoms with Crippen LogP contribution < -0.4 is 5.73 Å². The fourth-order valence-electron chi connectivity index (χ4n) is 2.47. The third kappa shape index (κ3) is 2.83. The molecule has 1 aromatic carbocycles. The standard InChI is InChI=1S/C15H16BrN3O/c16-14-15(17)18-9-13(19-14)12-3-1-10(2-4-12)11-5-7-20-8-6-11/h1-4,9,11H,5-8H2,(H2,17,18). The maximum absolute atomic E-state index is 5.66. The third-order valence-electron chi connectivity index (χ3n) is 3.66. The highest BCUT2D eigenvalue weighted by atomic mass is 79.9. The van der Waals surface area contributed by atoms with Crippen molar-refractivity contribution in [2.24, 2.45) is 0 Å². The minimum absolute atomic E-state index is 0.410. The zero-order valence-corrected chi connectivity index (χ0v) is 12.6. The van der Waals surface area contributed by atoms with Crippen molar-refractivity contribution >= 4 is 21.7 Å². The lowest BCUT2D eigenvalue weighted by molar-refractivity contribution is 0.0853. The molecule has 3 rings (SSSR count). The lowest BCUT2D eigenvalue weighted by Gasteiger charge is -2.22. The van der Waals surface area contributed by atoms with Gasteiger partial charge in [0.1, 0.15) is 4.60 Å². The maximum atomic E-state index is 5.66. The van der Waals surface area contributed by atoms with Gasteiger partial charge in [-0.05, 0) is 40.3 Å². The largest absolute Gasteiger partial charge is 0.381 e. The van der Waals surface area contributed by atoms with Gasteiger partial charge in [-0.25, -0.2) is 9.97 Å². The predicted octanol–water partition coefficient (Wildman–Crippen LogP) is 3.38. The monoisotopic (exact) mass is 333 g/mol. The van der Waals surface area contributed by atoms with Gasteiger partial charge in [-0.2, -0.15) is 0 Å². The first-order valence-corrected chi connectivity index (χ1v) is 7.49. The first-order chi connectivity index (χ1) is 9.74. The lowest BCUT2D eigenvalue weighted by Crippen LogP contribution is -2.13. The Hall–Kier alpha value is -1.46. The Kier molecular flexibility index (Phi) is 3.98. The van der Waals surface area contributed by atoms with E-state index in [1.165, 1.54) is 5.56 Å². The topological polar surface area (TPSA) is 61.0 Å². The number of benzene rings is 1. The zero-order chi connectivity index (χ0) is 13.9. The van der Waals surface area contributed by atoms with Crippen LogP contribution in [-0.4, -0.2) is 23.2 Å². The SMILES string of the molecule is Nc1ncc(-c2ccc(C3CCOCC3)cc2)nc1Br. The molecule has 5 heteroatoms. The molecular weight excluding hydrogens is 318 g/mol. The van der Waals surface area contributed by atoms with Crippen molar-refractivity contribution in [3.8, 4) is 11.3 Å². The average Bonchev–Trinajstić information content (AvgIpc) is 2.51. The van der Waals surface area contributed by atoms with Gasteiger partial charge < -0.3 is 10.5 Å². The van der Waals surface area contributed by atoms with Crippen LogP contribution in [-0.2, 0) is 4.74 Å². The molecule has 2 aromatic rings. The molecule has 2 heterocycles. The summed E-state index contributed by atoms with van der Waals surface area (Å²) < 4.78 is 5.99. The molecule has 104 valence electrons. The predicted molar refractivity (Wildman–Crippen MR) is 82.4 cm³/mol. The number of halogens is 1. The van der Waals surface area contributed by atoms with Crippen LogP contribution in [0.25, 0.3) is 11.3 Å². The van der Waals surface area contributed by atoms with E-state index in [4.69, 9.17) is 10.5 Å². The van der Waals surface area contributed by atoms with Crippen LogP contribution in [0.1, 0.15) is 24.3 Å². The molecule has 0 amide bonds. The van der Waals surface area contributed by atoms with Crippen LogP contribution in [0.15, 0.2) is 35.1 Å². The third-order valence-corrected chi connectivity index (χ3v) is 4.24. The fourth-order valence-corrected chi connectivity index (χ4v) is 2.77. The van der Waals surface area contributed by atoms with Crippen molar-refractivity contribution in [3.63, 3.8) is 0 Å². The van der Waals surface area contributed by atoms with Crippen molar-refractivity contribution in [1.29, 1.82) is 0 Å². The van der Waals surface area contributed by atoms with Gasteiger partial charge in [0, 0.05) is 18.8 Å². The smallest absolute Gasteiger partial charge is 0.156 e. The summed E-state index contributed by atoms with van der Waals surface area (Å²) in [6.45, 7) is 1.73. The summed E-state index contributed by atoms with van der Waals surface area (Å²) in [6, 6.07) is 8.55. The normalized spacial score (nSPS) is 16.2. The minimum Gasteiger partial charge on any atom is -0.381 e. The van der Waals surface area contributed by atoms with Gasteiger partial charge in [-0.15, -0.1) is 0 Å². The summed E-state index contributed by atoms with van der Waals surface area (Å²) in [6.07, 6.45) is 3.91. The lowest BCUT2D eigenvalue weighted by atomic mass is 9.91. The molecule has 0 saturated carbocycles. The molecule has 2 N–H and O–H groups in total. The van der Waals surface area contributed by atoms with Crippen LogP contribution >= 0.6 is 15.9 Å². The summed E-state index contributed by atoms with van der Waals surface area (Å²) in [5, 5.41) is 0. The van der Waals surface area contributed by atoms with Gasteiger partial charge in [-0.3, -0.25) is 0 Å². The van der Waals surface area contributed by atoms with Crippen molar-refractivity contribution in [2.75, 3.05) is 18.9 Å². The molecule has 0 bridgehead atoms. The minimum atomic E-state index is 0.410. The van der Waals surface area contributed by atoms with Crippen LogP contribution in [0.3, 0.4) is 0 Å². The second kappa shape index (κ2) is 5.89. The molecule has 1 aliphatic rings. The Morgan fingerprint density at radius 1 is 1.15 bits per heavy atom. The van der Waals surface area contributed by atoms with Crippen molar-refractivity contribution < 1.29 is 4.74 Å². The van der Waals surface area contributed by atoms with Crippen molar-refractivity contribution in [3.05, 3.63) is 40.6 Å². The first kappa shape index (κ1) is 13.5. The van der Waals surface area contributed by atoms with E-state index >= 15 is 0 Å². The fraction of sp³-hybridized carbons (Fsp3) is 0.333. The Balaban J connectivity index is 1.83. The highest BCUT2D eigenvalue weighted by Crippen LogP contribution is 2.29. The Labute approximate surface area is 126 Å². The van der Waals surface area contributed by atoms with E-state index in [2.05, 4.69) is 50.2 Å². The van der Waals surface area contributed by atoms with Crippen LogP contribution in [0.4, 0.5) is 5.82 Å². The summed E-state index contributed by atoms with van der Waals surface area (Å²) in [7, 11) is 0. The first-order valence-electron chi connectivity index (χ1n) is 6.70. The van der Waals surface area contributed by atoms with Crippen LogP contribution in [0.2, 0.25) is 0 Å². The number of rotatable bonds is 2. The number of hydrogen-bond acceptors (Lipinski definition) is 4. The van der Waals surface area contributed by atoms with E-state index in [-0.39, 0.29) is 0 Å². The molecule has 4 nitrogen and oxygen atoms in total. The molecule has 0 radical (unpaired) electrons.